The Morgan fingerprint density at radius 3 is 2.64 bits per heavy atom. The zero-order valence-electron chi connectivity index (χ0n) is 6.29. The number of rotatable bonds is 0. The highest BCUT2D eigenvalue weighted by molar-refractivity contribution is 5.66. The van der Waals surface area contributed by atoms with Gasteiger partial charge in [-0.05, 0) is 12.8 Å². The first-order chi connectivity index (χ1) is 5.27. The summed E-state index contributed by atoms with van der Waals surface area (Å²) in [6, 6.07) is 0.647. The highest BCUT2D eigenvalue weighted by Gasteiger charge is 2.35. The average Bonchev–Trinajstić information content (AvgIpc) is 2.06. The van der Waals surface area contributed by atoms with E-state index in [2.05, 4.69) is 5.32 Å². The Morgan fingerprint density at radius 2 is 2.36 bits per heavy atom. The van der Waals surface area contributed by atoms with E-state index in [1.54, 1.807) is 4.90 Å². The van der Waals surface area contributed by atoms with Gasteiger partial charge >= 0.3 is 6.09 Å². The van der Waals surface area contributed by atoms with Crippen molar-refractivity contribution in [1.82, 2.24) is 10.2 Å². The van der Waals surface area contributed by atoms with E-state index < -0.39 is 6.09 Å². The molecule has 3 rings (SSSR count). The number of fused-ring (bicyclic) bond motifs is 3. The van der Waals surface area contributed by atoms with Crippen LogP contribution in [0.5, 0.6) is 0 Å². The number of hydrogen-bond donors (Lipinski definition) is 2. The maximum atomic E-state index is 10.6. The van der Waals surface area contributed by atoms with Gasteiger partial charge in [0.15, 0.2) is 0 Å². The topological polar surface area (TPSA) is 52.6 Å². The van der Waals surface area contributed by atoms with Gasteiger partial charge in [-0.3, -0.25) is 0 Å². The second-order valence-electron chi connectivity index (χ2n) is 3.27. The van der Waals surface area contributed by atoms with Crippen molar-refractivity contribution in [3.8, 4) is 0 Å². The minimum absolute atomic E-state index is 0.234. The summed E-state index contributed by atoms with van der Waals surface area (Å²) in [5, 5.41) is 12.1. The molecular weight excluding hydrogens is 144 g/mol. The van der Waals surface area contributed by atoms with Gasteiger partial charge in [0.2, 0.25) is 0 Å². The van der Waals surface area contributed by atoms with E-state index in [1.165, 1.54) is 0 Å². The minimum Gasteiger partial charge on any atom is -0.465 e. The molecule has 2 atom stereocenters. The van der Waals surface area contributed by atoms with Crippen molar-refractivity contribution in [1.29, 1.82) is 0 Å². The quantitative estimate of drug-likeness (QED) is 0.523. The molecule has 4 nitrogen and oxygen atoms in total. The number of carbonyl (C=O) groups is 1. The molecule has 0 unspecified atom stereocenters. The molecule has 4 heteroatoms. The molecule has 3 heterocycles. The lowest BCUT2D eigenvalue weighted by Gasteiger charge is -2.44. The minimum atomic E-state index is -0.763. The summed E-state index contributed by atoms with van der Waals surface area (Å²) in [6.45, 7) is 1.52. The molecule has 62 valence electrons. The van der Waals surface area contributed by atoms with Crippen LogP contribution < -0.4 is 5.32 Å². The lowest BCUT2D eigenvalue weighted by molar-refractivity contribution is 0.0674. The third-order valence-electron chi connectivity index (χ3n) is 2.59. The Morgan fingerprint density at radius 1 is 1.55 bits per heavy atom. The number of amides is 1. The van der Waals surface area contributed by atoms with Crippen molar-refractivity contribution in [2.75, 3.05) is 13.1 Å². The summed E-state index contributed by atoms with van der Waals surface area (Å²) >= 11 is 0. The second-order valence-corrected chi connectivity index (χ2v) is 3.27. The van der Waals surface area contributed by atoms with Crippen molar-refractivity contribution < 1.29 is 9.90 Å². The Balaban J connectivity index is 2.08. The van der Waals surface area contributed by atoms with Crippen LogP contribution in [0.2, 0.25) is 0 Å². The number of piperidine rings is 2. The van der Waals surface area contributed by atoms with Crippen molar-refractivity contribution in [3.05, 3.63) is 0 Å². The first-order valence-electron chi connectivity index (χ1n) is 4.00. The second kappa shape index (κ2) is 2.37. The standard InChI is InChI=1S/C7H12N2O2/c10-7(11)9-4-5-1-2-6(9)3-8-5/h5-6,8H,1-4H2,(H,10,11)/t5-,6-/m1/s1. The lowest BCUT2D eigenvalue weighted by Crippen LogP contribution is -2.62. The molecule has 0 aromatic carbocycles. The molecule has 0 radical (unpaired) electrons. The molecule has 3 saturated heterocycles. The lowest BCUT2D eigenvalue weighted by atomic mass is 9.94. The van der Waals surface area contributed by atoms with Crippen LogP contribution in [0.25, 0.3) is 0 Å². The van der Waals surface area contributed by atoms with Gasteiger partial charge in [-0.1, -0.05) is 0 Å². The van der Waals surface area contributed by atoms with E-state index in [1.807, 2.05) is 0 Å². The van der Waals surface area contributed by atoms with Crippen LogP contribution in [0, 0.1) is 0 Å². The van der Waals surface area contributed by atoms with Gasteiger partial charge in [0.1, 0.15) is 0 Å². The highest BCUT2D eigenvalue weighted by atomic mass is 16.4. The fraction of sp³-hybridized carbons (Fsp3) is 0.857. The Kier molecular flexibility index (Phi) is 1.49. The number of carboxylic acid groups (broad SMARTS) is 1. The van der Waals surface area contributed by atoms with Crippen molar-refractivity contribution in [2.45, 2.75) is 24.9 Å². The van der Waals surface area contributed by atoms with Crippen molar-refractivity contribution in [2.24, 2.45) is 0 Å². The van der Waals surface area contributed by atoms with Gasteiger partial charge in [0.05, 0.1) is 0 Å². The van der Waals surface area contributed by atoms with E-state index in [0.29, 0.717) is 12.6 Å². The molecule has 11 heavy (non-hydrogen) atoms. The van der Waals surface area contributed by atoms with Gasteiger partial charge < -0.3 is 15.3 Å². The van der Waals surface area contributed by atoms with Crippen LogP contribution in [0.3, 0.4) is 0 Å². The Hall–Kier alpha value is -0.770. The number of nitrogens with one attached hydrogen (secondary N) is 1. The van der Waals surface area contributed by atoms with Crippen LogP contribution in [0.4, 0.5) is 4.79 Å². The van der Waals surface area contributed by atoms with E-state index in [4.69, 9.17) is 5.11 Å². The monoisotopic (exact) mass is 156 g/mol. The fourth-order valence-electron chi connectivity index (χ4n) is 1.94. The molecule has 2 bridgehead atoms. The summed E-state index contributed by atoms with van der Waals surface area (Å²) in [6.07, 6.45) is 1.40. The molecule has 0 aromatic rings. The van der Waals surface area contributed by atoms with E-state index >= 15 is 0 Å². The van der Waals surface area contributed by atoms with E-state index in [0.717, 1.165) is 19.4 Å². The highest BCUT2D eigenvalue weighted by Crippen LogP contribution is 2.21. The van der Waals surface area contributed by atoms with E-state index in [9.17, 15) is 4.79 Å². The summed E-state index contributed by atoms with van der Waals surface area (Å²) in [5.41, 5.74) is 0. The molecule has 3 aliphatic rings. The van der Waals surface area contributed by atoms with E-state index in [-0.39, 0.29) is 6.04 Å². The molecule has 0 spiro atoms. The van der Waals surface area contributed by atoms with Gasteiger partial charge in [-0.15, -0.1) is 0 Å². The molecular formula is C7H12N2O2. The fourth-order valence-corrected chi connectivity index (χ4v) is 1.94. The SMILES string of the molecule is O=C(O)N1C[C@H]2CC[C@@H]1CN2. The summed E-state index contributed by atoms with van der Waals surface area (Å²) in [4.78, 5) is 12.2. The summed E-state index contributed by atoms with van der Waals surface area (Å²) in [7, 11) is 0. The molecule has 0 aliphatic carbocycles. The van der Waals surface area contributed by atoms with Gasteiger partial charge in [-0.2, -0.15) is 0 Å². The molecule has 0 saturated carbocycles. The number of hydrogen-bond acceptors (Lipinski definition) is 2. The summed E-state index contributed by atoms with van der Waals surface area (Å²) in [5.74, 6) is 0. The van der Waals surface area contributed by atoms with Crippen molar-refractivity contribution >= 4 is 6.09 Å². The Bertz CT molecular complexity index is 175. The zero-order chi connectivity index (χ0) is 7.84. The van der Waals surface area contributed by atoms with Crippen LogP contribution in [-0.4, -0.2) is 41.3 Å². The maximum absolute atomic E-state index is 10.6. The number of nitrogens with zero attached hydrogens (tertiary/aromatic N) is 1. The zero-order valence-corrected chi connectivity index (χ0v) is 6.29. The normalized spacial score (nSPS) is 35.8. The molecule has 0 aromatic heterocycles. The third kappa shape index (κ3) is 1.07. The van der Waals surface area contributed by atoms with Crippen LogP contribution in [0.1, 0.15) is 12.8 Å². The van der Waals surface area contributed by atoms with Gasteiger partial charge in [-0.25, -0.2) is 4.79 Å². The molecule has 3 aliphatic heterocycles. The number of piperazine rings is 1. The first-order valence-corrected chi connectivity index (χ1v) is 4.00. The predicted molar refractivity (Wildman–Crippen MR) is 39.5 cm³/mol. The largest absolute Gasteiger partial charge is 0.465 e. The third-order valence-corrected chi connectivity index (χ3v) is 2.59. The average molecular weight is 156 g/mol. The van der Waals surface area contributed by atoms with Crippen LogP contribution >= 0.6 is 0 Å². The van der Waals surface area contributed by atoms with Crippen molar-refractivity contribution in [3.63, 3.8) is 0 Å². The van der Waals surface area contributed by atoms with Gasteiger partial charge in [0.25, 0.3) is 0 Å². The molecule has 1 amide bonds. The molecule has 3 fully saturated rings. The van der Waals surface area contributed by atoms with Gasteiger partial charge in [0, 0.05) is 25.2 Å². The molecule has 2 N–H and O–H groups in total. The first kappa shape index (κ1) is 6.91. The van der Waals surface area contributed by atoms with Crippen LogP contribution in [-0.2, 0) is 0 Å². The predicted octanol–water partition coefficient (Wildman–Crippen LogP) is 0.101. The van der Waals surface area contributed by atoms with Crippen LogP contribution in [0.15, 0.2) is 0 Å². The maximum Gasteiger partial charge on any atom is 0.407 e. The summed E-state index contributed by atoms with van der Waals surface area (Å²) < 4.78 is 0. The smallest absolute Gasteiger partial charge is 0.407 e. The Labute approximate surface area is 65.2 Å².